The van der Waals surface area contributed by atoms with Gasteiger partial charge in [0.1, 0.15) is 6.04 Å². The summed E-state index contributed by atoms with van der Waals surface area (Å²) in [5, 5.41) is 9.07. The third-order valence-electron chi connectivity index (χ3n) is 2.22. The van der Waals surface area contributed by atoms with Crippen molar-refractivity contribution in [3.8, 4) is 0 Å². The topological polar surface area (TPSA) is 112 Å². The van der Waals surface area contributed by atoms with Crippen molar-refractivity contribution < 1.29 is 18.3 Å². The second-order valence-electron chi connectivity index (χ2n) is 5.61. The predicted molar refractivity (Wildman–Crippen MR) is 70.1 cm³/mol. The third kappa shape index (κ3) is 5.84. The van der Waals surface area contributed by atoms with Gasteiger partial charge in [-0.25, -0.2) is 18.1 Å². The standard InChI is InChI=1S/C11H19N3O4S/c1-11(2,3)6-19(17,18)14-9(10(15)16)4-8-5-12-7-13-8/h5,7,9,14H,4,6H2,1-3H3,(H,12,13)(H,15,16)/t9-/m1/s1. The van der Waals surface area contributed by atoms with Crippen molar-refractivity contribution >= 4 is 16.0 Å². The molecule has 0 aliphatic carbocycles. The second-order valence-corrected chi connectivity index (χ2v) is 7.36. The van der Waals surface area contributed by atoms with E-state index < -0.39 is 27.4 Å². The summed E-state index contributed by atoms with van der Waals surface area (Å²) in [5.41, 5.74) is 0.119. The molecular formula is C11H19N3O4S. The van der Waals surface area contributed by atoms with Crippen molar-refractivity contribution in [3.63, 3.8) is 0 Å². The van der Waals surface area contributed by atoms with Crippen LogP contribution in [0.5, 0.6) is 0 Å². The lowest BCUT2D eigenvalue weighted by molar-refractivity contribution is -0.138. The van der Waals surface area contributed by atoms with Crippen LogP contribution >= 0.6 is 0 Å². The highest BCUT2D eigenvalue weighted by Gasteiger charge is 2.28. The predicted octanol–water partition coefficient (Wildman–Crippen LogP) is 0.371. The Labute approximate surface area is 112 Å². The van der Waals surface area contributed by atoms with E-state index >= 15 is 0 Å². The molecule has 1 aromatic rings. The molecule has 1 atom stereocenters. The summed E-state index contributed by atoms with van der Waals surface area (Å²) in [6.07, 6.45) is 2.91. The van der Waals surface area contributed by atoms with E-state index in [4.69, 9.17) is 5.11 Å². The molecule has 0 radical (unpaired) electrons. The molecule has 19 heavy (non-hydrogen) atoms. The van der Waals surface area contributed by atoms with Gasteiger partial charge in [-0.15, -0.1) is 0 Å². The highest BCUT2D eigenvalue weighted by Crippen LogP contribution is 2.16. The van der Waals surface area contributed by atoms with Gasteiger partial charge in [-0.05, 0) is 5.41 Å². The van der Waals surface area contributed by atoms with Crippen LogP contribution in [0.25, 0.3) is 0 Å². The number of carboxylic acids is 1. The van der Waals surface area contributed by atoms with E-state index in [-0.39, 0.29) is 12.2 Å². The highest BCUT2D eigenvalue weighted by atomic mass is 32.2. The van der Waals surface area contributed by atoms with Crippen molar-refractivity contribution in [3.05, 3.63) is 18.2 Å². The minimum absolute atomic E-state index is 0.0265. The van der Waals surface area contributed by atoms with Crippen molar-refractivity contribution in [2.24, 2.45) is 5.41 Å². The number of imidazole rings is 1. The maximum atomic E-state index is 11.9. The molecule has 3 N–H and O–H groups in total. The largest absolute Gasteiger partial charge is 0.480 e. The van der Waals surface area contributed by atoms with E-state index in [9.17, 15) is 13.2 Å². The summed E-state index contributed by atoms with van der Waals surface area (Å²) < 4.78 is 26.0. The lowest BCUT2D eigenvalue weighted by atomic mass is 10.0. The number of H-pyrrole nitrogens is 1. The molecule has 0 unspecified atom stereocenters. The Hall–Kier alpha value is -1.41. The normalized spacial score (nSPS) is 14.3. The monoisotopic (exact) mass is 289 g/mol. The lowest BCUT2D eigenvalue weighted by Gasteiger charge is -2.20. The first-order chi connectivity index (χ1) is 8.59. The molecule has 0 bridgehead atoms. The van der Waals surface area contributed by atoms with E-state index in [0.29, 0.717) is 5.69 Å². The number of rotatable bonds is 6. The van der Waals surface area contributed by atoms with Gasteiger partial charge in [0.05, 0.1) is 12.1 Å². The average molecular weight is 289 g/mol. The Balaban J connectivity index is 2.76. The molecule has 0 saturated heterocycles. The number of aromatic nitrogens is 2. The van der Waals surface area contributed by atoms with E-state index in [1.807, 2.05) is 0 Å². The molecule has 0 saturated carbocycles. The van der Waals surface area contributed by atoms with Gasteiger partial charge in [0, 0.05) is 18.3 Å². The summed E-state index contributed by atoms with van der Waals surface area (Å²) in [6.45, 7) is 5.32. The lowest BCUT2D eigenvalue weighted by Crippen LogP contribution is -2.45. The second kappa shape index (κ2) is 5.70. The van der Waals surface area contributed by atoms with Crippen LogP contribution in [0.2, 0.25) is 0 Å². The van der Waals surface area contributed by atoms with Gasteiger partial charge in [-0.2, -0.15) is 0 Å². The number of sulfonamides is 1. The van der Waals surface area contributed by atoms with Gasteiger partial charge in [-0.1, -0.05) is 20.8 Å². The first-order valence-corrected chi connectivity index (χ1v) is 7.44. The van der Waals surface area contributed by atoms with Crippen LogP contribution < -0.4 is 4.72 Å². The summed E-state index contributed by atoms with van der Waals surface area (Å²) in [4.78, 5) is 17.6. The van der Waals surface area contributed by atoms with Crippen LogP contribution in [0.1, 0.15) is 26.5 Å². The molecule has 8 heteroatoms. The fourth-order valence-corrected chi connectivity index (χ4v) is 3.47. The molecule has 0 fully saturated rings. The zero-order chi connectivity index (χ0) is 14.7. The fourth-order valence-electron chi connectivity index (χ4n) is 1.62. The summed E-state index contributed by atoms with van der Waals surface area (Å²) in [6, 6.07) is -1.20. The molecule has 0 amide bonds. The Morgan fingerprint density at radius 2 is 2.16 bits per heavy atom. The van der Waals surface area contributed by atoms with Crippen molar-refractivity contribution in [2.75, 3.05) is 5.75 Å². The Bertz CT molecular complexity index is 517. The van der Waals surface area contributed by atoms with Crippen LogP contribution in [0.15, 0.2) is 12.5 Å². The van der Waals surface area contributed by atoms with E-state index in [0.717, 1.165) is 0 Å². The number of nitrogens with one attached hydrogen (secondary N) is 2. The van der Waals surface area contributed by atoms with Crippen LogP contribution in [-0.2, 0) is 21.2 Å². The molecule has 7 nitrogen and oxygen atoms in total. The first-order valence-electron chi connectivity index (χ1n) is 5.79. The fraction of sp³-hybridized carbons (Fsp3) is 0.636. The number of hydrogen-bond acceptors (Lipinski definition) is 4. The van der Waals surface area contributed by atoms with Gasteiger partial charge in [0.2, 0.25) is 10.0 Å². The summed E-state index contributed by atoms with van der Waals surface area (Å²) in [5.74, 6) is -1.35. The SMILES string of the molecule is CC(C)(C)CS(=O)(=O)N[C@H](Cc1cnc[nH]1)C(=O)O. The smallest absolute Gasteiger partial charge is 0.322 e. The zero-order valence-corrected chi connectivity index (χ0v) is 12.0. The Kier molecular flexibility index (Phi) is 4.70. The molecule has 1 rings (SSSR count). The number of aromatic amines is 1. The number of aliphatic carboxylic acids is 1. The van der Waals surface area contributed by atoms with Gasteiger partial charge in [-0.3, -0.25) is 4.79 Å². The van der Waals surface area contributed by atoms with Gasteiger partial charge < -0.3 is 10.1 Å². The molecule has 0 aliphatic heterocycles. The number of carboxylic acid groups (broad SMARTS) is 1. The van der Waals surface area contributed by atoms with E-state index in [1.54, 1.807) is 20.8 Å². The number of carbonyl (C=O) groups is 1. The van der Waals surface area contributed by atoms with Crippen LogP contribution in [0.3, 0.4) is 0 Å². The summed E-state index contributed by atoms with van der Waals surface area (Å²) in [7, 11) is -3.65. The minimum Gasteiger partial charge on any atom is -0.480 e. The van der Waals surface area contributed by atoms with Crippen LogP contribution in [0, 0.1) is 5.41 Å². The third-order valence-corrected chi connectivity index (χ3v) is 4.11. The van der Waals surface area contributed by atoms with E-state index in [1.165, 1.54) is 12.5 Å². The first kappa shape index (κ1) is 15.6. The average Bonchev–Trinajstić information content (AvgIpc) is 2.64. The van der Waals surface area contributed by atoms with Crippen molar-refractivity contribution in [1.29, 1.82) is 0 Å². The van der Waals surface area contributed by atoms with Crippen molar-refractivity contribution in [1.82, 2.24) is 14.7 Å². The molecule has 0 aliphatic rings. The highest BCUT2D eigenvalue weighted by molar-refractivity contribution is 7.89. The molecule has 0 spiro atoms. The quantitative estimate of drug-likeness (QED) is 0.700. The van der Waals surface area contributed by atoms with Gasteiger partial charge in [0.15, 0.2) is 0 Å². The maximum Gasteiger partial charge on any atom is 0.322 e. The van der Waals surface area contributed by atoms with Crippen molar-refractivity contribution in [2.45, 2.75) is 33.2 Å². The molecule has 108 valence electrons. The van der Waals surface area contributed by atoms with Gasteiger partial charge >= 0.3 is 5.97 Å². The number of nitrogens with zero attached hydrogens (tertiary/aromatic N) is 1. The van der Waals surface area contributed by atoms with Crippen LogP contribution in [-0.4, -0.2) is 41.3 Å². The minimum atomic E-state index is -3.65. The van der Waals surface area contributed by atoms with Crippen LogP contribution in [0.4, 0.5) is 0 Å². The molecule has 1 aromatic heterocycles. The van der Waals surface area contributed by atoms with E-state index in [2.05, 4.69) is 14.7 Å². The molecule has 1 heterocycles. The molecular weight excluding hydrogens is 270 g/mol. The maximum absolute atomic E-state index is 11.9. The molecule has 0 aromatic carbocycles. The Morgan fingerprint density at radius 3 is 2.58 bits per heavy atom. The Morgan fingerprint density at radius 1 is 1.53 bits per heavy atom. The summed E-state index contributed by atoms with van der Waals surface area (Å²) >= 11 is 0. The van der Waals surface area contributed by atoms with Gasteiger partial charge in [0.25, 0.3) is 0 Å². The zero-order valence-electron chi connectivity index (χ0n) is 11.2. The number of hydrogen-bond donors (Lipinski definition) is 3.